The minimum Gasteiger partial charge on any atom is -0.492 e. The number of alkyl halides is 7. The van der Waals surface area contributed by atoms with Gasteiger partial charge in [0.25, 0.3) is 0 Å². The van der Waals surface area contributed by atoms with E-state index in [1.165, 1.54) is 36.4 Å². The third-order valence-electron chi connectivity index (χ3n) is 6.25. The quantitative estimate of drug-likeness (QED) is 0.150. The fraction of sp³-hybridized carbons (Fsp3) is 0.355. The lowest BCUT2D eigenvalue weighted by Crippen LogP contribution is -2.54. The van der Waals surface area contributed by atoms with Gasteiger partial charge in [-0.25, -0.2) is 9.59 Å². The highest BCUT2D eigenvalue weighted by molar-refractivity contribution is 5.72. The molecular formula is C31H30F7NO8. The summed E-state index contributed by atoms with van der Waals surface area (Å²) in [5.74, 6) is -6.49. The van der Waals surface area contributed by atoms with Gasteiger partial charge in [-0.05, 0) is 61.0 Å². The Labute approximate surface area is 264 Å². The van der Waals surface area contributed by atoms with Crippen molar-refractivity contribution in [2.24, 2.45) is 0 Å². The summed E-state index contributed by atoms with van der Waals surface area (Å²) in [6, 6.07) is 20.4. The smallest absolute Gasteiger partial charge is 0.462 e. The molecule has 0 radical (unpaired) electrons. The average Bonchev–Trinajstić information content (AvgIpc) is 3.01. The second-order valence-corrected chi connectivity index (χ2v) is 9.66. The number of carboxylic acid groups (broad SMARTS) is 1. The van der Waals surface area contributed by atoms with Gasteiger partial charge in [0, 0.05) is 19.6 Å². The molecule has 1 amide bonds. The fourth-order valence-corrected chi connectivity index (χ4v) is 3.83. The first-order chi connectivity index (χ1) is 22.1. The van der Waals surface area contributed by atoms with Gasteiger partial charge in [0.1, 0.15) is 29.6 Å². The number of carbonyl (C=O) groups excluding carboxylic acids is 1. The van der Waals surface area contributed by atoms with Gasteiger partial charge in [-0.1, -0.05) is 30.3 Å². The number of nitrogens with zero attached hydrogens (tertiary/aromatic N) is 1. The maximum Gasteiger partial charge on any atom is 0.462 e. The zero-order valence-electron chi connectivity index (χ0n) is 24.7. The van der Waals surface area contributed by atoms with Crippen molar-refractivity contribution in [3.05, 3.63) is 84.4 Å². The van der Waals surface area contributed by atoms with Crippen LogP contribution in [0.1, 0.15) is 12.5 Å². The number of hydrogen-bond donors (Lipinski definition) is 1. The topological polar surface area (TPSA) is 104 Å². The molecule has 0 saturated heterocycles. The van der Waals surface area contributed by atoms with E-state index in [2.05, 4.69) is 4.74 Å². The summed E-state index contributed by atoms with van der Waals surface area (Å²) in [6.07, 6.45) is -14.7. The Hall–Kier alpha value is -4.57. The number of carbonyl (C=O) groups is 2. The molecule has 0 bridgehead atoms. The van der Waals surface area contributed by atoms with Crippen LogP contribution in [0, 0.1) is 0 Å². The van der Waals surface area contributed by atoms with E-state index in [0.29, 0.717) is 22.0 Å². The molecule has 3 aromatic rings. The van der Waals surface area contributed by atoms with E-state index in [9.17, 15) is 45.4 Å². The molecule has 3 aromatic carbocycles. The molecular weight excluding hydrogens is 647 g/mol. The summed E-state index contributed by atoms with van der Waals surface area (Å²) in [5.41, 5.74) is 0.609. The number of benzene rings is 3. The van der Waals surface area contributed by atoms with Crippen molar-refractivity contribution in [1.82, 2.24) is 4.90 Å². The van der Waals surface area contributed by atoms with Crippen LogP contribution in [0.3, 0.4) is 0 Å². The standard InChI is InChI=1S/C31H30F7NO8/c1-2-43-26(27(40)41)20-21-8-10-22(11-9-21)44-18-16-39(17-19-45-31(37,38)29(32,33)30(34,35)36)28(42)47-25-14-12-24(13-15-25)46-23-6-4-3-5-7-23/h3-15,26H,2,16-20H2,1H3,(H,40,41). The van der Waals surface area contributed by atoms with Crippen molar-refractivity contribution in [1.29, 1.82) is 0 Å². The summed E-state index contributed by atoms with van der Waals surface area (Å²) >= 11 is 0. The van der Waals surface area contributed by atoms with E-state index in [4.69, 9.17) is 18.9 Å². The lowest BCUT2D eigenvalue weighted by atomic mass is 10.1. The number of ether oxygens (including phenoxy) is 5. The lowest BCUT2D eigenvalue weighted by Gasteiger charge is -2.28. The predicted molar refractivity (Wildman–Crippen MR) is 151 cm³/mol. The first kappa shape index (κ1) is 36.9. The van der Waals surface area contributed by atoms with Crippen LogP contribution in [0.5, 0.6) is 23.0 Å². The van der Waals surface area contributed by atoms with Crippen LogP contribution in [0.15, 0.2) is 78.9 Å². The first-order valence-electron chi connectivity index (χ1n) is 13.9. The molecule has 0 fully saturated rings. The third kappa shape index (κ3) is 10.7. The number of aliphatic carboxylic acids is 1. The van der Waals surface area contributed by atoms with E-state index in [1.807, 2.05) is 0 Å². The molecule has 16 heteroatoms. The molecule has 0 aliphatic heterocycles. The molecule has 47 heavy (non-hydrogen) atoms. The van der Waals surface area contributed by atoms with E-state index >= 15 is 0 Å². The summed E-state index contributed by atoms with van der Waals surface area (Å²) in [7, 11) is 0. The Morgan fingerprint density at radius 1 is 0.766 bits per heavy atom. The lowest BCUT2D eigenvalue weighted by molar-refractivity contribution is -0.423. The van der Waals surface area contributed by atoms with Crippen molar-refractivity contribution >= 4 is 12.1 Å². The molecule has 9 nitrogen and oxygen atoms in total. The Morgan fingerprint density at radius 3 is 1.89 bits per heavy atom. The van der Waals surface area contributed by atoms with E-state index in [0.717, 1.165) is 0 Å². The van der Waals surface area contributed by atoms with Crippen molar-refractivity contribution in [3.63, 3.8) is 0 Å². The van der Waals surface area contributed by atoms with Gasteiger partial charge in [-0.15, -0.1) is 0 Å². The van der Waals surface area contributed by atoms with Crippen LogP contribution in [0.4, 0.5) is 35.5 Å². The Balaban J connectivity index is 1.64. The van der Waals surface area contributed by atoms with Gasteiger partial charge in [0.05, 0.1) is 13.2 Å². The first-order valence-corrected chi connectivity index (χ1v) is 13.9. The maximum atomic E-state index is 13.7. The molecule has 0 aromatic heterocycles. The minimum absolute atomic E-state index is 0.0292. The predicted octanol–water partition coefficient (Wildman–Crippen LogP) is 7.20. The molecule has 1 unspecified atom stereocenters. The van der Waals surface area contributed by atoms with Gasteiger partial charge >= 0.3 is 30.3 Å². The van der Waals surface area contributed by atoms with E-state index < -0.39 is 56.1 Å². The molecule has 0 saturated carbocycles. The van der Waals surface area contributed by atoms with Crippen LogP contribution in [-0.4, -0.2) is 79.3 Å². The number of amides is 1. The monoisotopic (exact) mass is 677 g/mol. The molecule has 256 valence electrons. The van der Waals surface area contributed by atoms with Crippen molar-refractivity contribution in [3.8, 4) is 23.0 Å². The highest BCUT2D eigenvalue weighted by Gasteiger charge is 2.74. The zero-order chi connectivity index (χ0) is 34.7. The highest BCUT2D eigenvalue weighted by Crippen LogP contribution is 2.46. The van der Waals surface area contributed by atoms with Crippen molar-refractivity contribution in [2.75, 3.05) is 32.9 Å². The van der Waals surface area contributed by atoms with Gasteiger partial charge < -0.3 is 33.7 Å². The normalized spacial score (nSPS) is 12.7. The summed E-state index contributed by atoms with van der Waals surface area (Å²) < 4.78 is 116. The number of para-hydroxylation sites is 1. The largest absolute Gasteiger partial charge is 0.492 e. The number of carboxylic acids is 1. The Kier molecular flexibility index (Phi) is 12.8. The second kappa shape index (κ2) is 16.3. The summed E-state index contributed by atoms with van der Waals surface area (Å²) in [5, 5.41) is 9.24. The molecule has 1 atom stereocenters. The molecule has 0 spiro atoms. The van der Waals surface area contributed by atoms with Crippen LogP contribution < -0.4 is 14.2 Å². The number of rotatable bonds is 17. The zero-order valence-corrected chi connectivity index (χ0v) is 24.7. The van der Waals surface area contributed by atoms with Crippen LogP contribution in [0.25, 0.3) is 0 Å². The second-order valence-electron chi connectivity index (χ2n) is 9.66. The number of halogens is 7. The Bertz CT molecular complexity index is 1420. The SMILES string of the molecule is CCOC(Cc1ccc(OCCN(CCOC(F)(F)C(F)(F)C(F)(F)F)C(=O)Oc2ccc(Oc3ccccc3)cc2)cc1)C(=O)O. The summed E-state index contributed by atoms with van der Waals surface area (Å²) in [4.78, 5) is 24.9. The number of hydrogen-bond acceptors (Lipinski definition) is 7. The third-order valence-corrected chi connectivity index (χ3v) is 6.25. The van der Waals surface area contributed by atoms with Gasteiger partial charge in [0.15, 0.2) is 6.10 Å². The Morgan fingerprint density at radius 2 is 1.32 bits per heavy atom. The molecule has 0 aliphatic rings. The fourth-order valence-electron chi connectivity index (χ4n) is 3.83. The molecule has 3 rings (SSSR count). The average molecular weight is 678 g/mol. The molecule has 1 N–H and O–H groups in total. The van der Waals surface area contributed by atoms with Crippen molar-refractivity contribution in [2.45, 2.75) is 37.7 Å². The van der Waals surface area contributed by atoms with Gasteiger partial charge in [-0.3, -0.25) is 0 Å². The maximum absolute atomic E-state index is 13.7. The highest BCUT2D eigenvalue weighted by atomic mass is 19.4. The van der Waals surface area contributed by atoms with Gasteiger partial charge in [-0.2, -0.15) is 30.7 Å². The van der Waals surface area contributed by atoms with Crippen LogP contribution in [0.2, 0.25) is 0 Å². The van der Waals surface area contributed by atoms with Crippen LogP contribution >= 0.6 is 0 Å². The van der Waals surface area contributed by atoms with E-state index in [-0.39, 0.29) is 31.1 Å². The van der Waals surface area contributed by atoms with E-state index in [1.54, 1.807) is 49.4 Å². The minimum atomic E-state index is -6.59. The molecule has 0 heterocycles. The summed E-state index contributed by atoms with van der Waals surface area (Å²) in [6.45, 7) is -1.15. The van der Waals surface area contributed by atoms with Crippen LogP contribution in [-0.2, 0) is 20.7 Å². The van der Waals surface area contributed by atoms with Crippen molar-refractivity contribution < 1.29 is 69.1 Å². The van der Waals surface area contributed by atoms with Gasteiger partial charge in [0.2, 0.25) is 0 Å². The molecule has 0 aliphatic carbocycles.